The fourth-order valence-electron chi connectivity index (χ4n) is 6.71. The van der Waals surface area contributed by atoms with Crippen molar-refractivity contribution in [2.75, 3.05) is 13.2 Å². The predicted octanol–water partition coefficient (Wildman–Crippen LogP) is 16.6. The van der Waals surface area contributed by atoms with E-state index in [2.05, 4.69) is 45.1 Å². The molecule has 62 heavy (non-hydrogen) atoms. The molecule has 0 saturated heterocycles. The minimum atomic E-state index is -0.802. The molecule has 0 heterocycles. The molecule has 1 unspecified atom stereocenters. The van der Waals surface area contributed by atoms with Gasteiger partial charge in [0.05, 0.1) is 0 Å². The Morgan fingerprint density at radius 1 is 0.339 bits per heavy atom. The molecule has 352 valence electrons. The lowest BCUT2D eigenvalue weighted by Gasteiger charge is -2.18. The lowest BCUT2D eigenvalue weighted by Crippen LogP contribution is -2.30. The number of carbonyl (C=O) groups is 3. The summed E-state index contributed by atoms with van der Waals surface area (Å²) >= 11 is 0. The molecule has 0 radical (unpaired) electrons. The zero-order chi connectivity index (χ0) is 45.1. The van der Waals surface area contributed by atoms with Gasteiger partial charge in [-0.05, 0) is 64.2 Å². The standard InChI is InChI=1S/C56H92O6/c1-4-7-10-13-16-19-22-25-26-27-28-29-30-32-34-37-40-43-46-49-55(58)61-52-53(51-60-54(57)48-45-42-39-36-33-24-21-18-15-12-9-6-3)62-56(59)50-47-44-41-38-35-31-23-20-17-14-11-8-5-2/h7,10,13,16,19,22,25-32,34-35,53H,4-6,8-9,11-12,14-15,17-18,20-21,23-24,33,36-52H2,1-3H3/b10-7-,16-13-,22-19-,26-25-,28-27+,30-29-,34-32-,35-31-. The largest absolute Gasteiger partial charge is 0.462 e. The number of hydrogen-bond acceptors (Lipinski definition) is 6. The molecule has 1 atom stereocenters. The van der Waals surface area contributed by atoms with Crippen molar-refractivity contribution in [2.24, 2.45) is 0 Å². The molecule has 0 saturated carbocycles. The van der Waals surface area contributed by atoms with Gasteiger partial charge in [-0.2, -0.15) is 0 Å². The molecule has 0 aliphatic rings. The SMILES string of the molecule is CC\C=C/C=C\C=C/C=C\C=C\C=C/C=C\CCCCCC(=O)OCC(COC(=O)CCCCCCCCCCCCCC)OC(=O)CCCCC/C=C\CCCCCCCC. The number of unbranched alkanes of at least 4 members (excludes halogenated alkanes) is 23. The smallest absolute Gasteiger partial charge is 0.306 e. The molecule has 6 nitrogen and oxygen atoms in total. The molecule has 0 amide bonds. The second-order valence-corrected chi connectivity index (χ2v) is 16.5. The third-order valence-corrected chi connectivity index (χ3v) is 10.5. The monoisotopic (exact) mass is 861 g/mol. The topological polar surface area (TPSA) is 78.9 Å². The number of esters is 3. The molecule has 0 spiro atoms. The summed E-state index contributed by atoms with van der Waals surface area (Å²) in [5.74, 6) is -0.964. The first kappa shape index (κ1) is 58.3. The molecule has 0 aromatic rings. The third kappa shape index (κ3) is 47.4. The van der Waals surface area contributed by atoms with Crippen LogP contribution >= 0.6 is 0 Å². The average Bonchev–Trinajstić information content (AvgIpc) is 3.27. The summed E-state index contributed by atoms with van der Waals surface area (Å²) in [6.45, 7) is 6.42. The number of carbonyl (C=O) groups excluding carboxylic acids is 3. The molecular formula is C56H92O6. The van der Waals surface area contributed by atoms with E-state index >= 15 is 0 Å². The second kappa shape index (κ2) is 50.0. The predicted molar refractivity (Wildman–Crippen MR) is 265 cm³/mol. The summed E-state index contributed by atoms with van der Waals surface area (Å²) < 4.78 is 16.7. The zero-order valence-corrected chi connectivity index (χ0v) is 40.1. The number of allylic oxidation sites excluding steroid dienone is 16. The summed E-state index contributed by atoms with van der Waals surface area (Å²) in [4.78, 5) is 37.9. The first-order valence-corrected chi connectivity index (χ1v) is 25.3. The van der Waals surface area contributed by atoms with Gasteiger partial charge in [0.1, 0.15) is 13.2 Å². The summed E-state index contributed by atoms with van der Waals surface area (Å²) in [5.41, 5.74) is 0. The lowest BCUT2D eigenvalue weighted by molar-refractivity contribution is -0.167. The fourth-order valence-corrected chi connectivity index (χ4v) is 6.71. The van der Waals surface area contributed by atoms with E-state index in [1.54, 1.807) is 0 Å². The van der Waals surface area contributed by atoms with Crippen LogP contribution in [0.5, 0.6) is 0 Å². The quantitative estimate of drug-likeness (QED) is 0.0200. The van der Waals surface area contributed by atoms with Crippen molar-refractivity contribution in [2.45, 2.75) is 226 Å². The molecule has 0 bridgehead atoms. The van der Waals surface area contributed by atoms with Crippen LogP contribution in [0.15, 0.2) is 97.2 Å². The Labute approximate surface area is 381 Å². The van der Waals surface area contributed by atoms with E-state index in [0.29, 0.717) is 19.3 Å². The van der Waals surface area contributed by atoms with E-state index < -0.39 is 6.10 Å². The van der Waals surface area contributed by atoms with Crippen molar-refractivity contribution in [3.05, 3.63) is 97.2 Å². The fraction of sp³-hybridized carbons (Fsp3) is 0.661. The number of rotatable bonds is 44. The van der Waals surface area contributed by atoms with Crippen molar-refractivity contribution < 1.29 is 28.6 Å². The van der Waals surface area contributed by atoms with E-state index in [4.69, 9.17) is 14.2 Å². The van der Waals surface area contributed by atoms with E-state index in [-0.39, 0.29) is 31.1 Å². The van der Waals surface area contributed by atoms with Gasteiger partial charge in [-0.3, -0.25) is 14.4 Å². The van der Waals surface area contributed by atoms with Crippen molar-refractivity contribution in [1.29, 1.82) is 0 Å². The van der Waals surface area contributed by atoms with Gasteiger partial charge in [0.25, 0.3) is 0 Å². The van der Waals surface area contributed by atoms with Gasteiger partial charge in [0.15, 0.2) is 6.10 Å². The van der Waals surface area contributed by atoms with Gasteiger partial charge in [-0.1, -0.05) is 234 Å². The van der Waals surface area contributed by atoms with Crippen LogP contribution in [0.3, 0.4) is 0 Å². The van der Waals surface area contributed by atoms with Crippen LogP contribution in [0.1, 0.15) is 220 Å². The van der Waals surface area contributed by atoms with Crippen LogP contribution in [-0.4, -0.2) is 37.2 Å². The molecule has 0 aromatic carbocycles. The highest BCUT2D eigenvalue weighted by Crippen LogP contribution is 2.14. The van der Waals surface area contributed by atoms with Crippen molar-refractivity contribution >= 4 is 17.9 Å². The van der Waals surface area contributed by atoms with E-state index in [0.717, 1.165) is 83.5 Å². The van der Waals surface area contributed by atoms with Crippen molar-refractivity contribution in [3.63, 3.8) is 0 Å². The molecule has 0 rings (SSSR count). The molecular weight excluding hydrogens is 769 g/mol. The normalized spacial score (nSPS) is 12.9. The Kier molecular flexibility index (Phi) is 47.0. The lowest BCUT2D eigenvalue weighted by atomic mass is 10.0. The van der Waals surface area contributed by atoms with Gasteiger partial charge in [-0.25, -0.2) is 0 Å². The molecule has 6 heteroatoms. The minimum Gasteiger partial charge on any atom is -0.462 e. The van der Waals surface area contributed by atoms with Crippen LogP contribution in [0.2, 0.25) is 0 Å². The highest BCUT2D eigenvalue weighted by atomic mass is 16.6. The second-order valence-electron chi connectivity index (χ2n) is 16.5. The Morgan fingerprint density at radius 3 is 1.05 bits per heavy atom. The van der Waals surface area contributed by atoms with Gasteiger partial charge >= 0.3 is 17.9 Å². The summed E-state index contributed by atoms with van der Waals surface area (Å²) in [7, 11) is 0. The highest BCUT2D eigenvalue weighted by Gasteiger charge is 2.19. The van der Waals surface area contributed by atoms with Gasteiger partial charge in [-0.15, -0.1) is 0 Å². The van der Waals surface area contributed by atoms with Gasteiger partial charge in [0.2, 0.25) is 0 Å². The number of hydrogen-bond donors (Lipinski definition) is 0. The van der Waals surface area contributed by atoms with Crippen LogP contribution in [0.25, 0.3) is 0 Å². The summed E-state index contributed by atoms with van der Waals surface area (Å²) in [6, 6.07) is 0. The van der Waals surface area contributed by atoms with Crippen molar-refractivity contribution in [1.82, 2.24) is 0 Å². The Bertz CT molecular complexity index is 1260. The maximum atomic E-state index is 12.8. The van der Waals surface area contributed by atoms with E-state index in [9.17, 15) is 14.4 Å². The van der Waals surface area contributed by atoms with Gasteiger partial charge < -0.3 is 14.2 Å². The average molecular weight is 861 g/mol. The molecule has 0 N–H and O–H groups in total. The van der Waals surface area contributed by atoms with Gasteiger partial charge in [0, 0.05) is 19.3 Å². The van der Waals surface area contributed by atoms with E-state index in [1.807, 2.05) is 72.9 Å². The van der Waals surface area contributed by atoms with E-state index in [1.165, 1.54) is 96.3 Å². The maximum Gasteiger partial charge on any atom is 0.306 e. The first-order valence-electron chi connectivity index (χ1n) is 25.3. The number of ether oxygens (including phenoxy) is 3. The van der Waals surface area contributed by atoms with Crippen LogP contribution in [0, 0.1) is 0 Å². The van der Waals surface area contributed by atoms with Crippen LogP contribution in [0.4, 0.5) is 0 Å². The Hall–Kier alpha value is -3.67. The molecule has 0 aromatic heterocycles. The molecule has 0 aliphatic heterocycles. The summed E-state index contributed by atoms with van der Waals surface area (Å²) in [5, 5.41) is 0. The first-order chi connectivity index (χ1) is 30.5. The van der Waals surface area contributed by atoms with Crippen LogP contribution < -0.4 is 0 Å². The zero-order valence-electron chi connectivity index (χ0n) is 40.1. The van der Waals surface area contributed by atoms with Crippen LogP contribution in [-0.2, 0) is 28.6 Å². The molecule has 0 fully saturated rings. The Morgan fingerprint density at radius 2 is 0.645 bits per heavy atom. The third-order valence-electron chi connectivity index (χ3n) is 10.5. The maximum absolute atomic E-state index is 12.8. The highest BCUT2D eigenvalue weighted by molar-refractivity contribution is 5.71. The summed E-state index contributed by atoms with van der Waals surface area (Å²) in [6.07, 6.45) is 65.2. The Balaban J connectivity index is 4.50. The van der Waals surface area contributed by atoms with Crippen molar-refractivity contribution in [3.8, 4) is 0 Å². The molecule has 0 aliphatic carbocycles. The minimum absolute atomic E-state index is 0.0979.